The number of rotatable bonds is 5. The number of pyridine rings is 1. The monoisotopic (exact) mass is 363 g/mol. The van der Waals surface area contributed by atoms with E-state index in [-0.39, 0.29) is 11.8 Å². The molecule has 1 aliphatic rings. The lowest BCUT2D eigenvalue weighted by atomic mass is 9.86. The Kier molecular flexibility index (Phi) is 6.45. The summed E-state index contributed by atoms with van der Waals surface area (Å²) in [7, 11) is 1.29. The first-order valence-electron chi connectivity index (χ1n) is 8.90. The van der Waals surface area contributed by atoms with E-state index in [1.807, 2.05) is 45.9 Å². The van der Waals surface area contributed by atoms with Gasteiger partial charge < -0.3 is 19.7 Å². The van der Waals surface area contributed by atoms with Crippen molar-refractivity contribution in [3.8, 4) is 5.88 Å². The number of carbonyl (C=O) groups excluding carboxylic acids is 2. The fourth-order valence-corrected chi connectivity index (χ4v) is 2.98. The third-order valence-corrected chi connectivity index (χ3v) is 4.49. The predicted octanol–water partition coefficient (Wildman–Crippen LogP) is 2.39. The van der Waals surface area contributed by atoms with Crippen molar-refractivity contribution in [3.63, 3.8) is 0 Å². The SMILES string of the molecule is COC(=O)N[C@H](C(=O)N1CC[C@@H](COc2cccc(C)n2)C1)C(C)(C)C. The first-order valence-corrected chi connectivity index (χ1v) is 8.90. The van der Waals surface area contributed by atoms with Gasteiger partial charge in [0.1, 0.15) is 6.04 Å². The third kappa shape index (κ3) is 5.34. The first-order chi connectivity index (χ1) is 12.2. The Balaban J connectivity index is 1.93. The summed E-state index contributed by atoms with van der Waals surface area (Å²) >= 11 is 0. The van der Waals surface area contributed by atoms with Crippen LogP contribution in [0.4, 0.5) is 4.79 Å². The number of nitrogens with zero attached hydrogens (tertiary/aromatic N) is 2. The molecule has 7 nitrogen and oxygen atoms in total. The Bertz CT molecular complexity index is 642. The number of amides is 2. The van der Waals surface area contributed by atoms with Crippen LogP contribution in [0.2, 0.25) is 0 Å². The highest BCUT2D eigenvalue weighted by atomic mass is 16.5. The van der Waals surface area contributed by atoms with E-state index in [9.17, 15) is 9.59 Å². The molecule has 1 aliphatic heterocycles. The molecule has 0 unspecified atom stereocenters. The molecule has 0 aromatic carbocycles. The standard InChI is InChI=1S/C19H29N3O4/c1-13-7-6-8-15(20-13)26-12-14-9-10-22(11-14)17(23)16(19(2,3)4)21-18(24)25-5/h6-8,14,16H,9-12H2,1-5H3,(H,21,24)/t14-,16-/m1/s1. The minimum atomic E-state index is -0.631. The zero-order valence-corrected chi connectivity index (χ0v) is 16.2. The van der Waals surface area contributed by atoms with E-state index >= 15 is 0 Å². The molecule has 2 atom stereocenters. The second-order valence-corrected chi connectivity index (χ2v) is 7.80. The van der Waals surface area contributed by atoms with Crippen LogP contribution in [0.15, 0.2) is 18.2 Å². The highest BCUT2D eigenvalue weighted by Gasteiger charge is 2.38. The second kappa shape index (κ2) is 8.38. The minimum absolute atomic E-state index is 0.0842. The molecule has 1 fully saturated rings. The molecular weight excluding hydrogens is 334 g/mol. The smallest absolute Gasteiger partial charge is 0.407 e. The highest BCUT2D eigenvalue weighted by Crippen LogP contribution is 2.25. The number of hydrogen-bond donors (Lipinski definition) is 1. The van der Waals surface area contributed by atoms with Crippen molar-refractivity contribution in [3.05, 3.63) is 23.9 Å². The number of aryl methyl sites for hydroxylation is 1. The maximum absolute atomic E-state index is 12.9. The Morgan fingerprint density at radius 1 is 1.38 bits per heavy atom. The maximum Gasteiger partial charge on any atom is 0.407 e. The predicted molar refractivity (Wildman–Crippen MR) is 97.9 cm³/mol. The van der Waals surface area contributed by atoms with E-state index in [0.29, 0.717) is 25.6 Å². The lowest BCUT2D eigenvalue weighted by Gasteiger charge is -2.33. The zero-order valence-electron chi connectivity index (χ0n) is 16.2. The molecule has 0 spiro atoms. The third-order valence-electron chi connectivity index (χ3n) is 4.49. The lowest BCUT2D eigenvalue weighted by molar-refractivity contribution is -0.135. The van der Waals surface area contributed by atoms with Gasteiger partial charge in [-0.2, -0.15) is 0 Å². The summed E-state index contributed by atoms with van der Waals surface area (Å²) in [5, 5.41) is 2.67. The van der Waals surface area contributed by atoms with Crippen molar-refractivity contribution in [2.24, 2.45) is 11.3 Å². The molecule has 1 aromatic heterocycles. The van der Waals surface area contributed by atoms with Crippen molar-refractivity contribution in [2.45, 2.75) is 40.2 Å². The van der Waals surface area contributed by atoms with Crippen LogP contribution in [-0.4, -0.2) is 54.7 Å². The number of hydrogen-bond acceptors (Lipinski definition) is 5. The Morgan fingerprint density at radius 2 is 2.12 bits per heavy atom. The second-order valence-electron chi connectivity index (χ2n) is 7.80. The van der Waals surface area contributed by atoms with E-state index in [2.05, 4.69) is 15.0 Å². The van der Waals surface area contributed by atoms with Gasteiger partial charge >= 0.3 is 6.09 Å². The molecule has 144 valence electrons. The summed E-state index contributed by atoms with van der Waals surface area (Å²) in [5.74, 6) is 0.772. The number of likely N-dealkylation sites (tertiary alicyclic amines) is 1. The summed E-state index contributed by atoms with van der Waals surface area (Å²) in [5.41, 5.74) is 0.498. The molecule has 7 heteroatoms. The van der Waals surface area contributed by atoms with Crippen molar-refractivity contribution in [1.82, 2.24) is 15.2 Å². The lowest BCUT2D eigenvalue weighted by Crippen LogP contribution is -2.54. The average Bonchev–Trinajstić information content (AvgIpc) is 3.05. The molecule has 1 saturated heterocycles. The number of methoxy groups -OCH3 is 1. The topological polar surface area (TPSA) is 80.8 Å². The van der Waals surface area contributed by atoms with E-state index in [1.165, 1.54) is 7.11 Å². The van der Waals surface area contributed by atoms with E-state index in [1.54, 1.807) is 4.90 Å². The van der Waals surface area contributed by atoms with Gasteiger partial charge in [-0.15, -0.1) is 0 Å². The van der Waals surface area contributed by atoms with Gasteiger partial charge in [0.25, 0.3) is 0 Å². The Hall–Kier alpha value is -2.31. The molecule has 0 bridgehead atoms. The average molecular weight is 363 g/mol. The number of nitrogens with one attached hydrogen (secondary N) is 1. The van der Waals surface area contributed by atoms with Crippen LogP contribution in [0.25, 0.3) is 0 Å². The molecule has 2 amide bonds. The molecular formula is C19H29N3O4. The molecule has 0 radical (unpaired) electrons. The molecule has 2 rings (SSSR count). The van der Waals surface area contributed by atoms with Crippen LogP contribution in [0.3, 0.4) is 0 Å². The van der Waals surface area contributed by atoms with Crippen LogP contribution in [-0.2, 0) is 9.53 Å². The van der Waals surface area contributed by atoms with Gasteiger partial charge in [-0.1, -0.05) is 26.8 Å². The number of aromatic nitrogens is 1. The highest BCUT2D eigenvalue weighted by molar-refractivity contribution is 5.86. The Labute approximate surface area is 155 Å². The first kappa shape index (κ1) is 20.0. The number of alkyl carbamates (subject to hydrolysis) is 1. The van der Waals surface area contributed by atoms with Gasteiger partial charge in [-0.25, -0.2) is 9.78 Å². The zero-order chi connectivity index (χ0) is 19.3. The van der Waals surface area contributed by atoms with Crippen LogP contribution in [0.5, 0.6) is 5.88 Å². The van der Waals surface area contributed by atoms with Crippen LogP contribution >= 0.6 is 0 Å². The van der Waals surface area contributed by atoms with Crippen molar-refractivity contribution >= 4 is 12.0 Å². The fraction of sp³-hybridized carbons (Fsp3) is 0.632. The largest absolute Gasteiger partial charge is 0.477 e. The maximum atomic E-state index is 12.9. The van der Waals surface area contributed by atoms with E-state index in [0.717, 1.165) is 12.1 Å². The summed E-state index contributed by atoms with van der Waals surface area (Å²) in [4.78, 5) is 30.6. The van der Waals surface area contributed by atoms with E-state index in [4.69, 9.17) is 4.74 Å². The van der Waals surface area contributed by atoms with Gasteiger partial charge in [0, 0.05) is 30.8 Å². The van der Waals surface area contributed by atoms with Crippen molar-refractivity contribution < 1.29 is 19.1 Å². The fourth-order valence-electron chi connectivity index (χ4n) is 2.98. The minimum Gasteiger partial charge on any atom is -0.477 e. The summed E-state index contributed by atoms with van der Waals surface area (Å²) in [6.07, 6.45) is 0.273. The molecule has 1 aromatic rings. The van der Waals surface area contributed by atoms with Gasteiger partial charge in [0.2, 0.25) is 11.8 Å². The molecule has 0 saturated carbocycles. The molecule has 26 heavy (non-hydrogen) atoms. The van der Waals surface area contributed by atoms with E-state index < -0.39 is 17.6 Å². The quantitative estimate of drug-likeness (QED) is 0.869. The summed E-state index contributed by atoms with van der Waals surface area (Å²) in [6.45, 7) is 9.47. The van der Waals surface area contributed by atoms with Crippen LogP contribution < -0.4 is 10.1 Å². The van der Waals surface area contributed by atoms with Gasteiger partial charge in [-0.05, 0) is 24.8 Å². The van der Waals surface area contributed by atoms with Crippen molar-refractivity contribution in [1.29, 1.82) is 0 Å². The molecule has 0 aliphatic carbocycles. The normalized spacial score (nSPS) is 18.3. The molecule has 1 N–H and O–H groups in total. The van der Waals surface area contributed by atoms with Crippen LogP contribution in [0, 0.1) is 18.3 Å². The number of ether oxygens (including phenoxy) is 2. The Morgan fingerprint density at radius 3 is 2.73 bits per heavy atom. The summed E-state index contributed by atoms with van der Waals surface area (Å²) in [6, 6.07) is 5.03. The molecule has 2 heterocycles. The van der Waals surface area contributed by atoms with Crippen LogP contribution in [0.1, 0.15) is 32.9 Å². The number of carbonyl (C=O) groups is 2. The van der Waals surface area contributed by atoms with Gasteiger partial charge in [0.05, 0.1) is 13.7 Å². The van der Waals surface area contributed by atoms with Gasteiger partial charge in [0.15, 0.2) is 0 Å². The summed E-state index contributed by atoms with van der Waals surface area (Å²) < 4.78 is 10.4. The van der Waals surface area contributed by atoms with Gasteiger partial charge in [-0.3, -0.25) is 4.79 Å². The van der Waals surface area contributed by atoms with Crippen molar-refractivity contribution in [2.75, 3.05) is 26.8 Å².